The standard InChI is InChI=1S/C24H29N3O2/c1-6-26(18(3)20-11-10-14-22(15-20)29-5)24(28)16-23-17(2)25-27(19(23)4)21-12-8-7-9-13-21/h7-15,18H,6,16H2,1-5H3. The zero-order chi connectivity index (χ0) is 21.0. The van der Waals surface area contributed by atoms with Gasteiger partial charge in [0.2, 0.25) is 5.91 Å². The zero-order valence-electron chi connectivity index (χ0n) is 17.8. The molecule has 0 spiro atoms. The molecule has 29 heavy (non-hydrogen) atoms. The van der Waals surface area contributed by atoms with Crippen molar-refractivity contribution in [3.63, 3.8) is 0 Å². The Kier molecular flexibility index (Phi) is 6.37. The van der Waals surface area contributed by atoms with Crippen LogP contribution >= 0.6 is 0 Å². The summed E-state index contributed by atoms with van der Waals surface area (Å²) in [6.07, 6.45) is 0.340. The number of carbonyl (C=O) groups excluding carboxylic acids is 1. The number of benzene rings is 2. The maximum atomic E-state index is 13.2. The van der Waals surface area contributed by atoms with E-state index in [1.165, 1.54) is 0 Å². The number of ether oxygens (including phenoxy) is 1. The lowest BCUT2D eigenvalue weighted by Crippen LogP contribution is -2.34. The van der Waals surface area contributed by atoms with E-state index in [1.54, 1.807) is 7.11 Å². The van der Waals surface area contributed by atoms with E-state index in [2.05, 4.69) is 12.0 Å². The van der Waals surface area contributed by atoms with Crippen molar-refractivity contribution in [2.45, 2.75) is 40.2 Å². The molecule has 0 aliphatic carbocycles. The molecule has 3 aromatic rings. The molecule has 0 aliphatic heterocycles. The summed E-state index contributed by atoms with van der Waals surface area (Å²) in [5.41, 5.74) is 4.96. The Morgan fingerprint density at radius 3 is 2.52 bits per heavy atom. The van der Waals surface area contributed by atoms with Crippen molar-refractivity contribution in [3.05, 3.63) is 77.1 Å². The highest BCUT2D eigenvalue weighted by atomic mass is 16.5. The number of rotatable bonds is 7. The van der Waals surface area contributed by atoms with Gasteiger partial charge in [-0.25, -0.2) is 4.68 Å². The number of amides is 1. The first-order valence-corrected chi connectivity index (χ1v) is 10.00. The van der Waals surface area contributed by atoms with Crippen LogP contribution in [0.3, 0.4) is 0 Å². The molecule has 3 rings (SSSR count). The Hall–Kier alpha value is -3.08. The first kappa shape index (κ1) is 20.6. The first-order valence-electron chi connectivity index (χ1n) is 10.00. The quantitative estimate of drug-likeness (QED) is 0.589. The van der Waals surface area contributed by atoms with Crippen molar-refractivity contribution >= 4 is 5.91 Å². The number of likely N-dealkylation sites (N-methyl/N-ethyl adjacent to an activating group) is 1. The normalized spacial score (nSPS) is 11.9. The Morgan fingerprint density at radius 2 is 1.86 bits per heavy atom. The van der Waals surface area contributed by atoms with Gasteiger partial charge in [0.15, 0.2) is 0 Å². The molecule has 1 atom stereocenters. The highest BCUT2D eigenvalue weighted by Crippen LogP contribution is 2.26. The van der Waals surface area contributed by atoms with E-state index in [0.717, 1.165) is 34.0 Å². The van der Waals surface area contributed by atoms with Crippen molar-refractivity contribution in [1.29, 1.82) is 0 Å². The minimum atomic E-state index is -0.0348. The SMILES string of the molecule is CCN(C(=O)Cc1c(C)nn(-c2ccccc2)c1C)C(C)c1cccc(OC)c1. The van der Waals surface area contributed by atoms with Crippen molar-refractivity contribution in [2.24, 2.45) is 0 Å². The number of hydrogen-bond acceptors (Lipinski definition) is 3. The van der Waals surface area contributed by atoms with Gasteiger partial charge in [0.05, 0.1) is 31.0 Å². The van der Waals surface area contributed by atoms with Crippen LogP contribution in [0.25, 0.3) is 5.69 Å². The molecule has 0 radical (unpaired) electrons. The Labute approximate surface area is 172 Å². The third-order valence-corrected chi connectivity index (χ3v) is 5.47. The third kappa shape index (κ3) is 4.34. The van der Waals surface area contributed by atoms with Crippen LogP contribution in [0.15, 0.2) is 54.6 Å². The number of para-hydroxylation sites is 1. The molecule has 0 saturated heterocycles. The number of methoxy groups -OCH3 is 1. The van der Waals surface area contributed by atoms with Gasteiger partial charge in [0, 0.05) is 17.8 Å². The van der Waals surface area contributed by atoms with Gasteiger partial charge in [0.1, 0.15) is 5.75 Å². The Morgan fingerprint density at radius 1 is 1.14 bits per heavy atom. The lowest BCUT2D eigenvalue weighted by atomic mass is 10.0. The maximum absolute atomic E-state index is 13.2. The van der Waals surface area contributed by atoms with Gasteiger partial charge in [-0.2, -0.15) is 5.10 Å². The van der Waals surface area contributed by atoms with Gasteiger partial charge in [0.25, 0.3) is 0 Å². The second-order valence-corrected chi connectivity index (χ2v) is 7.21. The van der Waals surface area contributed by atoms with Crippen LogP contribution in [0.1, 0.15) is 42.4 Å². The predicted molar refractivity (Wildman–Crippen MR) is 116 cm³/mol. The van der Waals surface area contributed by atoms with E-state index in [1.807, 2.05) is 85.0 Å². The minimum Gasteiger partial charge on any atom is -0.497 e. The van der Waals surface area contributed by atoms with Gasteiger partial charge in [-0.15, -0.1) is 0 Å². The summed E-state index contributed by atoms with van der Waals surface area (Å²) in [6.45, 7) is 8.71. The molecular weight excluding hydrogens is 362 g/mol. The number of hydrogen-bond donors (Lipinski definition) is 0. The van der Waals surface area contributed by atoms with E-state index in [4.69, 9.17) is 4.74 Å². The lowest BCUT2D eigenvalue weighted by molar-refractivity contribution is -0.132. The van der Waals surface area contributed by atoms with Crippen LogP contribution in [0, 0.1) is 13.8 Å². The van der Waals surface area contributed by atoms with Crippen molar-refractivity contribution in [1.82, 2.24) is 14.7 Å². The molecule has 1 unspecified atom stereocenters. The molecular formula is C24H29N3O2. The van der Waals surface area contributed by atoms with Crippen molar-refractivity contribution < 1.29 is 9.53 Å². The smallest absolute Gasteiger partial charge is 0.227 e. The molecule has 0 saturated carbocycles. The predicted octanol–water partition coefficient (Wildman–Crippen LogP) is 4.65. The molecule has 0 aliphatic rings. The van der Waals surface area contributed by atoms with E-state index >= 15 is 0 Å². The highest BCUT2D eigenvalue weighted by Gasteiger charge is 2.23. The average Bonchev–Trinajstić information content (AvgIpc) is 3.03. The van der Waals surface area contributed by atoms with E-state index in [9.17, 15) is 4.79 Å². The summed E-state index contributed by atoms with van der Waals surface area (Å²) < 4.78 is 7.25. The molecule has 0 N–H and O–H groups in total. The molecule has 1 heterocycles. The molecule has 152 valence electrons. The van der Waals surface area contributed by atoms with E-state index in [0.29, 0.717) is 13.0 Å². The summed E-state index contributed by atoms with van der Waals surface area (Å²) >= 11 is 0. The van der Waals surface area contributed by atoms with Gasteiger partial charge >= 0.3 is 0 Å². The van der Waals surface area contributed by atoms with Gasteiger partial charge in [-0.1, -0.05) is 30.3 Å². The van der Waals surface area contributed by atoms with Crippen LogP contribution in [0.5, 0.6) is 5.75 Å². The second-order valence-electron chi connectivity index (χ2n) is 7.21. The number of aromatic nitrogens is 2. The summed E-state index contributed by atoms with van der Waals surface area (Å²) in [5, 5.41) is 4.67. The van der Waals surface area contributed by atoms with Gasteiger partial charge in [-0.3, -0.25) is 4.79 Å². The summed E-state index contributed by atoms with van der Waals surface area (Å²) in [4.78, 5) is 15.1. The van der Waals surface area contributed by atoms with E-state index in [-0.39, 0.29) is 11.9 Å². The van der Waals surface area contributed by atoms with Crippen LogP contribution < -0.4 is 4.74 Å². The summed E-state index contributed by atoms with van der Waals surface area (Å²) in [6, 6.07) is 17.9. The zero-order valence-corrected chi connectivity index (χ0v) is 17.8. The fourth-order valence-electron chi connectivity index (χ4n) is 3.75. The molecule has 5 heteroatoms. The molecule has 1 amide bonds. The van der Waals surface area contributed by atoms with Gasteiger partial charge < -0.3 is 9.64 Å². The monoisotopic (exact) mass is 391 g/mol. The van der Waals surface area contributed by atoms with Crippen molar-refractivity contribution in [2.75, 3.05) is 13.7 Å². The number of carbonyl (C=O) groups is 1. The van der Waals surface area contributed by atoms with Crippen LogP contribution in [0.2, 0.25) is 0 Å². The summed E-state index contributed by atoms with van der Waals surface area (Å²) in [5.74, 6) is 0.898. The topological polar surface area (TPSA) is 47.4 Å². The van der Waals surface area contributed by atoms with Gasteiger partial charge in [-0.05, 0) is 57.5 Å². The second kappa shape index (κ2) is 8.95. The molecule has 0 fully saturated rings. The fourth-order valence-corrected chi connectivity index (χ4v) is 3.75. The summed E-state index contributed by atoms with van der Waals surface area (Å²) in [7, 11) is 1.66. The van der Waals surface area contributed by atoms with Crippen LogP contribution in [-0.4, -0.2) is 34.2 Å². The molecule has 5 nitrogen and oxygen atoms in total. The average molecular weight is 392 g/mol. The largest absolute Gasteiger partial charge is 0.497 e. The number of aryl methyl sites for hydroxylation is 1. The third-order valence-electron chi connectivity index (χ3n) is 5.47. The van der Waals surface area contributed by atoms with Crippen LogP contribution in [0.4, 0.5) is 0 Å². The molecule has 1 aromatic heterocycles. The molecule has 2 aromatic carbocycles. The minimum absolute atomic E-state index is 0.0348. The number of nitrogens with zero attached hydrogens (tertiary/aromatic N) is 3. The molecule has 0 bridgehead atoms. The van der Waals surface area contributed by atoms with Crippen molar-refractivity contribution in [3.8, 4) is 11.4 Å². The van der Waals surface area contributed by atoms with Crippen LogP contribution in [-0.2, 0) is 11.2 Å². The van der Waals surface area contributed by atoms with E-state index < -0.39 is 0 Å². The Bertz CT molecular complexity index is 979. The maximum Gasteiger partial charge on any atom is 0.227 e. The fraction of sp³-hybridized carbons (Fsp3) is 0.333. The highest BCUT2D eigenvalue weighted by molar-refractivity contribution is 5.80. The Balaban J connectivity index is 1.84. The first-order chi connectivity index (χ1) is 14.0. The lowest BCUT2D eigenvalue weighted by Gasteiger charge is -2.29.